The van der Waals surface area contributed by atoms with Gasteiger partial charge in [0.25, 0.3) is 0 Å². The van der Waals surface area contributed by atoms with Gasteiger partial charge in [-0.3, -0.25) is 0 Å². The zero-order chi connectivity index (χ0) is 9.68. The van der Waals surface area contributed by atoms with Gasteiger partial charge in [0.1, 0.15) is 0 Å². The molecule has 1 heteroatoms. The van der Waals surface area contributed by atoms with E-state index in [1.807, 2.05) is 7.05 Å². The maximum atomic E-state index is 3.17. The van der Waals surface area contributed by atoms with Crippen molar-refractivity contribution in [1.29, 1.82) is 0 Å². The van der Waals surface area contributed by atoms with E-state index in [1.165, 1.54) is 29.5 Å². The summed E-state index contributed by atoms with van der Waals surface area (Å²) in [5, 5.41) is 3.17. The molecule has 0 heterocycles. The van der Waals surface area contributed by atoms with E-state index in [9.17, 15) is 0 Å². The minimum absolute atomic E-state index is 1.10. The largest absolute Gasteiger partial charge is 0.320 e. The summed E-state index contributed by atoms with van der Waals surface area (Å²) in [7, 11) is 2.00. The fraction of sp³-hybridized carbons (Fsp3) is 0.500. The molecular weight excluding hydrogens is 158 g/mol. The summed E-state index contributed by atoms with van der Waals surface area (Å²) in [6.07, 6.45) is 2.41. The maximum Gasteiger partial charge on any atom is -0.00488 e. The van der Waals surface area contributed by atoms with Crippen LogP contribution in [0.4, 0.5) is 0 Å². The average molecular weight is 177 g/mol. The molecule has 0 aliphatic rings. The Morgan fingerprint density at radius 1 is 1.23 bits per heavy atom. The minimum Gasteiger partial charge on any atom is -0.320 e. The van der Waals surface area contributed by atoms with Gasteiger partial charge in [-0.05, 0) is 57.0 Å². The Balaban J connectivity index is 2.61. The molecule has 0 unspecified atom stereocenters. The SMILES string of the molecule is CNCCCc1cccc(C)c1C. The summed E-state index contributed by atoms with van der Waals surface area (Å²) in [5.41, 5.74) is 4.36. The lowest BCUT2D eigenvalue weighted by Crippen LogP contribution is -2.08. The van der Waals surface area contributed by atoms with Crippen molar-refractivity contribution in [1.82, 2.24) is 5.32 Å². The quantitative estimate of drug-likeness (QED) is 0.697. The Morgan fingerprint density at radius 2 is 2.00 bits per heavy atom. The van der Waals surface area contributed by atoms with Gasteiger partial charge in [0.15, 0.2) is 0 Å². The Morgan fingerprint density at radius 3 is 2.69 bits per heavy atom. The van der Waals surface area contributed by atoms with Crippen LogP contribution >= 0.6 is 0 Å². The molecule has 0 saturated heterocycles. The Labute approximate surface area is 81.2 Å². The average Bonchev–Trinajstić information content (AvgIpc) is 2.13. The van der Waals surface area contributed by atoms with Gasteiger partial charge in [-0.1, -0.05) is 18.2 Å². The molecule has 1 N–H and O–H groups in total. The number of aryl methyl sites for hydroxylation is 2. The lowest BCUT2D eigenvalue weighted by molar-refractivity contribution is 0.722. The fourth-order valence-electron chi connectivity index (χ4n) is 1.54. The monoisotopic (exact) mass is 177 g/mol. The molecule has 0 radical (unpaired) electrons. The van der Waals surface area contributed by atoms with Crippen LogP contribution in [-0.2, 0) is 6.42 Å². The first-order valence-electron chi connectivity index (χ1n) is 4.95. The van der Waals surface area contributed by atoms with Gasteiger partial charge in [-0.2, -0.15) is 0 Å². The van der Waals surface area contributed by atoms with Crippen molar-refractivity contribution in [2.24, 2.45) is 0 Å². The molecule has 0 bridgehead atoms. The van der Waals surface area contributed by atoms with E-state index < -0.39 is 0 Å². The van der Waals surface area contributed by atoms with Gasteiger partial charge in [-0.25, -0.2) is 0 Å². The molecule has 0 aliphatic carbocycles. The van der Waals surface area contributed by atoms with E-state index in [2.05, 4.69) is 37.4 Å². The molecule has 1 nitrogen and oxygen atoms in total. The lowest BCUT2D eigenvalue weighted by atomic mass is 10.00. The molecule has 0 atom stereocenters. The normalized spacial score (nSPS) is 10.4. The first-order chi connectivity index (χ1) is 6.25. The smallest absolute Gasteiger partial charge is 0.00488 e. The summed E-state index contributed by atoms with van der Waals surface area (Å²) in [4.78, 5) is 0. The zero-order valence-corrected chi connectivity index (χ0v) is 8.85. The van der Waals surface area contributed by atoms with E-state index in [0.29, 0.717) is 0 Å². The highest BCUT2D eigenvalue weighted by molar-refractivity contribution is 5.33. The third kappa shape index (κ3) is 2.85. The second-order valence-electron chi connectivity index (χ2n) is 3.57. The van der Waals surface area contributed by atoms with E-state index in [4.69, 9.17) is 0 Å². The Kier molecular flexibility index (Phi) is 3.97. The van der Waals surface area contributed by atoms with Crippen molar-refractivity contribution in [3.05, 3.63) is 34.9 Å². The fourth-order valence-corrected chi connectivity index (χ4v) is 1.54. The molecule has 0 saturated carbocycles. The van der Waals surface area contributed by atoms with E-state index in [0.717, 1.165) is 6.54 Å². The number of rotatable bonds is 4. The van der Waals surface area contributed by atoms with Gasteiger partial charge < -0.3 is 5.32 Å². The van der Waals surface area contributed by atoms with Crippen LogP contribution in [0.5, 0.6) is 0 Å². The summed E-state index contributed by atoms with van der Waals surface area (Å²) in [6.45, 7) is 5.49. The predicted molar refractivity (Wildman–Crippen MR) is 58.2 cm³/mol. The first kappa shape index (κ1) is 10.3. The molecule has 1 aromatic rings. The number of benzene rings is 1. The molecule has 0 spiro atoms. The molecule has 0 amide bonds. The second kappa shape index (κ2) is 5.03. The topological polar surface area (TPSA) is 12.0 Å². The first-order valence-corrected chi connectivity index (χ1v) is 4.95. The third-order valence-corrected chi connectivity index (χ3v) is 2.59. The molecule has 1 aromatic carbocycles. The van der Waals surface area contributed by atoms with Crippen molar-refractivity contribution in [3.8, 4) is 0 Å². The zero-order valence-electron chi connectivity index (χ0n) is 8.85. The van der Waals surface area contributed by atoms with Gasteiger partial charge in [0, 0.05) is 0 Å². The summed E-state index contributed by atoms with van der Waals surface area (Å²) >= 11 is 0. The van der Waals surface area contributed by atoms with Gasteiger partial charge in [-0.15, -0.1) is 0 Å². The third-order valence-electron chi connectivity index (χ3n) is 2.59. The van der Waals surface area contributed by atoms with Gasteiger partial charge in [0.05, 0.1) is 0 Å². The van der Waals surface area contributed by atoms with Gasteiger partial charge in [0.2, 0.25) is 0 Å². The number of hydrogen-bond donors (Lipinski definition) is 1. The van der Waals surface area contributed by atoms with E-state index >= 15 is 0 Å². The van der Waals surface area contributed by atoms with Crippen LogP contribution in [0.1, 0.15) is 23.1 Å². The summed E-state index contributed by atoms with van der Waals surface area (Å²) in [6, 6.07) is 6.56. The lowest BCUT2D eigenvalue weighted by Gasteiger charge is -2.07. The van der Waals surface area contributed by atoms with Gasteiger partial charge >= 0.3 is 0 Å². The van der Waals surface area contributed by atoms with Crippen molar-refractivity contribution in [3.63, 3.8) is 0 Å². The molecule has 1 rings (SSSR count). The van der Waals surface area contributed by atoms with Crippen LogP contribution in [0.25, 0.3) is 0 Å². The van der Waals surface area contributed by atoms with Crippen molar-refractivity contribution in [2.75, 3.05) is 13.6 Å². The van der Waals surface area contributed by atoms with Crippen LogP contribution in [-0.4, -0.2) is 13.6 Å². The number of nitrogens with one attached hydrogen (secondary N) is 1. The maximum absolute atomic E-state index is 3.17. The molecule has 0 aliphatic heterocycles. The second-order valence-corrected chi connectivity index (χ2v) is 3.57. The summed E-state index contributed by atoms with van der Waals surface area (Å²) < 4.78 is 0. The highest BCUT2D eigenvalue weighted by Crippen LogP contribution is 2.13. The minimum atomic E-state index is 1.10. The van der Waals surface area contributed by atoms with Crippen LogP contribution in [0.3, 0.4) is 0 Å². The predicted octanol–water partition coefficient (Wildman–Crippen LogP) is 2.46. The summed E-state index contributed by atoms with van der Waals surface area (Å²) in [5.74, 6) is 0. The Hall–Kier alpha value is -0.820. The standard InChI is InChI=1S/C12H19N/c1-10-6-4-7-12(11(10)2)8-5-9-13-3/h4,6-7,13H,5,8-9H2,1-3H3. The molecule has 13 heavy (non-hydrogen) atoms. The molecule has 0 aromatic heterocycles. The van der Waals surface area contributed by atoms with E-state index in [1.54, 1.807) is 0 Å². The highest BCUT2D eigenvalue weighted by atomic mass is 14.8. The molecular formula is C12H19N. The van der Waals surface area contributed by atoms with Crippen LogP contribution in [0, 0.1) is 13.8 Å². The van der Waals surface area contributed by atoms with Crippen LogP contribution in [0.15, 0.2) is 18.2 Å². The Bertz CT molecular complexity index is 266. The van der Waals surface area contributed by atoms with Crippen molar-refractivity contribution in [2.45, 2.75) is 26.7 Å². The van der Waals surface area contributed by atoms with Crippen molar-refractivity contribution >= 4 is 0 Å². The van der Waals surface area contributed by atoms with Crippen molar-refractivity contribution < 1.29 is 0 Å². The van der Waals surface area contributed by atoms with Crippen LogP contribution in [0.2, 0.25) is 0 Å². The highest BCUT2D eigenvalue weighted by Gasteiger charge is 1.99. The van der Waals surface area contributed by atoms with E-state index in [-0.39, 0.29) is 0 Å². The molecule has 0 fully saturated rings. The number of hydrogen-bond acceptors (Lipinski definition) is 1. The molecule has 72 valence electrons. The van der Waals surface area contributed by atoms with Crippen LogP contribution < -0.4 is 5.32 Å².